The first-order valence-corrected chi connectivity index (χ1v) is 9.65. The molecule has 3 aromatic heterocycles. The number of aliphatic hydroxyl groups is 1. The third-order valence-corrected chi connectivity index (χ3v) is 4.96. The van der Waals surface area contributed by atoms with Crippen LogP contribution < -0.4 is 19.1 Å². The summed E-state index contributed by atoms with van der Waals surface area (Å²) in [6.45, 7) is 2.26. The van der Waals surface area contributed by atoms with Gasteiger partial charge < -0.3 is 24.2 Å². The first-order valence-electron chi connectivity index (χ1n) is 9.65. The van der Waals surface area contributed by atoms with Crippen LogP contribution in [0.3, 0.4) is 0 Å². The molecule has 0 atom stereocenters. The molecule has 0 saturated carbocycles. The monoisotopic (exact) mass is 422 g/mol. The van der Waals surface area contributed by atoms with Crippen molar-refractivity contribution in [3.63, 3.8) is 0 Å². The summed E-state index contributed by atoms with van der Waals surface area (Å²) >= 11 is 0. The SMILES string of the molecule is COc1cc(-c2cc(C)c3c(n2)CN(c2cncc(OCCO)c2)C3=O)cnc1OC. The van der Waals surface area contributed by atoms with Crippen LogP contribution in [-0.4, -0.2) is 53.4 Å². The number of aliphatic hydroxyl groups excluding tert-OH is 1. The summed E-state index contributed by atoms with van der Waals surface area (Å²) in [6, 6.07) is 5.39. The van der Waals surface area contributed by atoms with Crippen molar-refractivity contribution in [2.45, 2.75) is 13.5 Å². The van der Waals surface area contributed by atoms with E-state index in [0.29, 0.717) is 46.6 Å². The Morgan fingerprint density at radius 1 is 1.13 bits per heavy atom. The largest absolute Gasteiger partial charge is 0.491 e. The second-order valence-corrected chi connectivity index (χ2v) is 6.92. The number of aryl methyl sites for hydroxylation is 1. The van der Waals surface area contributed by atoms with E-state index in [9.17, 15) is 4.79 Å². The number of hydrogen-bond donors (Lipinski definition) is 1. The minimum atomic E-state index is -0.141. The summed E-state index contributed by atoms with van der Waals surface area (Å²) in [7, 11) is 3.08. The van der Waals surface area contributed by atoms with E-state index in [1.807, 2.05) is 13.0 Å². The van der Waals surface area contributed by atoms with Gasteiger partial charge in [0.15, 0.2) is 5.75 Å². The van der Waals surface area contributed by atoms with Crippen molar-refractivity contribution in [1.82, 2.24) is 15.0 Å². The van der Waals surface area contributed by atoms with Crippen molar-refractivity contribution in [3.8, 4) is 28.6 Å². The summed E-state index contributed by atoms with van der Waals surface area (Å²) in [5.74, 6) is 1.24. The van der Waals surface area contributed by atoms with Gasteiger partial charge in [-0.05, 0) is 24.6 Å². The van der Waals surface area contributed by atoms with E-state index in [2.05, 4.69) is 9.97 Å². The predicted molar refractivity (Wildman–Crippen MR) is 113 cm³/mol. The number of amides is 1. The molecule has 0 saturated heterocycles. The molecular weight excluding hydrogens is 400 g/mol. The lowest BCUT2D eigenvalue weighted by Crippen LogP contribution is -2.23. The van der Waals surface area contributed by atoms with Gasteiger partial charge in [-0.1, -0.05) is 0 Å². The lowest BCUT2D eigenvalue weighted by Gasteiger charge is -2.16. The molecule has 9 heteroatoms. The fourth-order valence-corrected chi connectivity index (χ4v) is 3.53. The molecule has 0 unspecified atom stereocenters. The molecule has 4 rings (SSSR count). The van der Waals surface area contributed by atoms with Gasteiger partial charge in [0.25, 0.3) is 11.8 Å². The first kappa shape index (κ1) is 20.5. The molecule has 160 valence electrons. The Bertz CT molecular complexity index is 1130. The second-order valence-electron chi connectivity index (χ2n) is 6.92. The molecule has 0 radical (unpaired) electrons. The Balaban J connectivity index is 1.67. The highest BCUT2D eigenvalue weighted by molar-refractivity contribution is 6.10. The molecule has 1 aliphatic heterocycles. The molecule has 0 aromatic carbocycles. The molecule has 1 aliphatic rings. The molecule has 0 fully saturated rings. The molecule has 0 spiro atoms. The van der Waals surface area contributed by atoms with E-state index in [4.69, 9.17) is 24.3 Å². The lowest BCUT2D eigenvalue weighted by molar-refractivity contribution is 0.0996. The van der Waals surface area contributed by atoms with Crippen molar-refractivity contribution in [2.24, 2.45) is 0 Å². The Hall–Kier alpha value is -3.72. The van der Waals surface area contributed by atoms with Gasteiger partial charge in [-0.3, -0.25) is 14.8 Å². The second kappa shape index (κ2) is 8.57. The fourth-order valence-electron chi connectivity index (χ4n) is 3.53. The van der Waals surface area contributed by atoms with Crippen LogP contribution in [0, 0.1) is 6.92 Å². The highest BCUT2D eigenvalue weighted by atomic mass is 16.5. The number of anilines is 1. The lowest BCUT2D eigenvalue weighted by atomic mass is 10.0. The summed E-state index contributed by atoms with van der Waals surface area (Å²) in [5.41, 5.74) is 4.14. The maximum absolute atomic E-state index is 13.1. The number of rotatable bonds is 7. The van der Waals surface area contributed by atoms with Gasteiger partial charge in [0, 0.05) is 17.8 Å². The molecule has 3 aromatic rings. The minimum Gasteiger partial charge on any atom is -0.491 e. The average molecular weight is 422 g/mol. The molecular formula is C22H22N4O5. The van der Waals surface area contributed by atoms with Crippen molar-refractivity contribution >= 4 is 11.6 Å². The molecule has 9 nitrogen and oxygen atoms in total. The zero-order valence-corrected chi connectivity index (χ0v) is 17.5. The number of carbonyl (C=O) groups is 1. The van der Waals surface area contributed by atoms with Crippen LogP contribution >= 0.6 is 0 Å². The summed E-state index contributed by atoms with van der Waals surface area (Å²) < 4.78 is 16.0. The summed E-state index contributed by atoms with van der Waals surface area (Å²) in [6.07, 6.45) is 4.80. The molecule has 0 bridgehead atoms. The number of methoxy groups -OCH3 is 2. The number of aromatic nitrogens is 3. The number of nitrogens with zero attached hydrogens (tertiary/aromatic N) is 4. The predicted octanol–water partition coefficient (Wildman–Crippen LogP) is 2.40. The minimum absolute atomic E-state index is 0.102. The van der Waals surface area contributed by atoms with Crippen LogP contribution in [0.2, 0.25) is 0 Å². The fraction of sp³-hybridized carbons (Fsp3) is 0.273. The number of hydrogen-bond acceptors (Lipinski definition) is 8. The zero-order chi connectivity index (χ0) is 22.0. The van der Waals surface area contributed by atoms with Crippen molar-refractivity contribution in [2.75, 3.05) is 32.3 Å². The maximum atomic E-state index is 13.1. The third-order valence-electron chi connectivity index (χ3n) is 4.96. The highest BCUT2D eigenvalue weighted by Crippen LogP contribution is 2.34. The Morgan fingerprint density at radius 2 is 1.97 bits per heavy atom. The topological polar surface area (TPSA) is 107 Å². The third kappa shape index (κ3) is 3.87. The van der Waals surface area contributed by atoms with Gasteiger partial charge in [0.2, 0.25) is 0 Å². The summed E-state index contributed by atoms with van der Waals surface area (Å²) in [5, 5.41) is 8.94. The van der Waals surface area contributed by atoms with Crippen LogP contribution in [0.4, 0.5) is 5.69 Å². The van der Waals surface area contributed by atoms with E-state index in [1.54, 1.807) is 42.7 Å². The van der Waals surface area contributed by atoms with Crippen molar-refractivity contribution < 1.29 is 24.1 Å². The maximum Gasteiger partial charge on any atom is 0.260 e. The normalized spacial score (nSPS) is 12.6. The Morgan fingerprint density at radius 3 is 2.71 bits per heavy atom. The van der Waals surface area contributed by atoms with Gasteiger partial charge in [-0.15, -0.1) is 0 Å². The standard InChI is InChI=1S/C22H22N4O5/c1-13-6-17(14-7-19(29-2)21(30-3)24-9-14)25-18-12-26(22(28)20(13)18)15-8-16(11-23-10-15)31-5-4-27/h6-11,27H,4-5,12H2,1-3H3. The number of pyridine rings is 3. The van der Waals surface area contributed by atoms with E-state index < -0.39 is 0 Å². The molecule has 31 heavy (non-hydrogen) atoms. The number of carbonyl (C=O) groups excluding carboxylic acids is 1. The van der Waals surface area contributed by atoms with Gasteiger partial charge in [-0.25, -0.2) is 4.98 Å². The number of fused-ring (bicyclic) bond motifs is 1. The molecule has 0 aliphatic carbocycles. The van der Waals surface area contributed by atoms with E-state index in [0.717, 1.165) is 11.1 Å². The van der Waals surface area contributed by atoms with Gasteiger partial charge in [-0.2, -0.15) is 0 Å². The summed E-state index contributed by atoms with van der Waals surface area (Å²) in [4.78, 5) is 27.9. The van der Waals surface area contributed by atoms with E-state index in [-0.39, 0.29) is 19.1 Å². The van der Waals surface area contributed by atoms with Crippen molar-refractivity contribution in [3.05, 3.63) is 53.6 Å². The number of ether oxygens (including phenoxy) is 3. The van der Waals surface area contributed by atoms with Gasteiger partial charge >= 0.3 is 0 Å². The van der Waals surface area contributed by atoms with Crippen LogP contribution in [0.1, 0.15) is 21.6 Å². The van der Waals surface area contributed by atoms with Gasteiger partial charge in [0.1, 0.15) is 12.4 Å². The van der Waals surface area contributed by atoms with E-state index in [1.165, 1.54) is 7.11 Å². The highest BCUT2D eigenvalue weighted by Gasteiger charge is 2.32. The molecule has 1 N–H and O–H groups in total. The molecule has 1 amide bonds. The Kier molecular flexibility index (Phi) is 5.68. The average Bonchev–Trinajstić information content (AvgIpc) is 3.14. The first-order chi connectivity index (χ1) is 15.0. The Labute approximate surface area is 179 Å². The quantitative estimate of drug-likeness (QED) is 0.619. The van der Waals surface area contributed by atoms with Crippen LogP contribution in [0.15, 0.2) is 36.8 Å². The molecule has 4 heterocycles. The van der Waals surface area contributed by atoms with Crippen molar-refractivity contribution in [1.29, 1.82) is 0 Å². The zero-order valence-electron chi connectivity index (χ0n) is 17.5. The van der Waals surface area contributed by atoms with Crippen LogP contribution in [0.25, 0.3) is 11.3 Å². The van der Waals surface area contributed by atoms with Crippen LogP contribution in [-0.2, 0) is 6.54 Å². The smallest absolute Gasteiger partial charge is 0.260 e. The van der Waals surface area contributed by atoms with Crippen LogP contribution in [0.5, 0.6) is 17.4 Å². The van der Waals surface area contributed by atoms with Gasteiger partial charge in [0.05, 0.1) is 62.4 Å². The van der Waals surface area contributed by atoms with E-state index >= 15 is 0 Å².